The Hall–Kier alpha value is -0.320. The van der Waals surface area contributed by atoms with Crippen molar-refractivity contribution in [2.45, 2.75) is 58.0 Å². The first-order valence-electron chi connectivity index (χ1n) is 8.36. The smallest absolute Gasteiger partial charge is 0.226 e. The molecular formula is C16H31ClN2O2. The van der Waals surface area contributed by atoms with Gasteiger partial charge in [0.25, 0.3) is 0 Å². The highest BCUT2D eigenvalue weighted by Crippen LogP contribution is 2.33. The van der Waals surface area contributed by atoms with Crippen molar-refractivity contribution in [3.63, 3.8) is 0 Å². The standard InChI is InChI=1S/C16H30N2O2.ClH/c1-2-11-20-14-6-4-9-18(10-8-14)16(19)15-7-3-5-13(15)12-17;/h13-15H,2-12,17H2,1H3;1H/t13-,14?,15-;/m1./s1. The summed E-state index contributed by atoms with van der Waals surface area (Å²) in [4.78, 5) is 14.8. The summed E-state index contributed by atoms with van der Waals surface area (Å²) in [5, 5.41) is 0. The van der Waals surface area contributed by atoms with E-state index in [2.05, 4.69) is 11.8 Å². The monoisotopic (exact) mass is 318 g/mol. The predicted octanol–water partition coefficient (Wildman–Crippen LogP) is 2.59. The number of halogens is 1. The van der Waals surface area contributed by atoms with Crippen LogP contribution in [0, 0.1) is 11.8 Å². The Kier molecular flexibility index (Phi) is 8.60. The van der Waals surface area contributed by atoms with Gasteiger partial charge in [0.15, 0.2) is 0 Å². The number of hydrogen-bond acceptors (Lipinski definition) is 3. The molecule has 1 unspecified atom stereocenters. The topological polar surface area (TPSA) is 55.6 Å². The fraction of sp³-hybridized carbons (Fsp3) is 0.938. The van der Waals surface area contributed by atoms with Crippen LogP contribution in [-0.4, -0.2) is 43.2 Å². The van der Waals surface area contributed by atoms with Crippen molar-refractivity contribution in [3.8, 4) is 0 Å². The first-order chi connectivity index (χ1) is 9.76. The van der Waals surface area contributed by atoms with Crippen LogP contribution < -0.4 is 5.73 Å². The lowest BCUT2D eigenvalue weighted by atomic mass is 9.94. The highest BCUT2D eigenvalue weighted by Gasteiger charge is 2.35. The van der Waals surface area contributed by atoms with Gasteiger partial charge in [0.1, 0.15) is 0 Å². The van der Waals surface area contributed by atoms with Crippen LogP contribution in [-0.2, 0) is 9.53 Å². The van der Waals surface area contributed by atoms with Gasteiger partial charge in [-0.2, -0.15) is 0 Å². The molecule has 5 heteroatoms. The van der Waals surface area contributed by atoms with Crippen LogP contribution in [0.5, 0.6) is 0 Å². The van der Waals surface area contributed by atoms with Gasteiger partial charge in [-0.25, -0.2) is 0 Å². The predicted molar refractivity (Wildman–Crippen MR) is 87.6 cm³/mol. The molecule has 1 aliphatic heterocycles. The van der Waals surface area contributed by atoms with Crippen molar-refractivity contribution in [1.29, 1.82) is 0 Å². The molecule has 1 amide bonds. The number of rotatable bonds is 5. The molecule has 3 atom stereocenters. The number of likely N-dealkylation sites (tertiary alicyclic amines) is 1. The second-order valence-corrected chi connectivity index (χ2v) is 6.28. The molecular weight excluding hydrogens is 288 g/mol. The van der Waals surface area contributed by atoms with Crippen molar-refractivity contribution >= 4 is 18.3 Å². The van der Waals surface area contributed by atoms with Crippen molar-refractivity contribution in [2.75, 3.05) is 26.2 Å². The minimum Gasteiger partial charge on any atom is -0.378 e. The molecule has 0 aromatic rings. The van der Waals surface area contributed by atoms with Gasteiger partial charge in [-0.15, -0.1) is 12.4 Å². The van der Waals surface area contributed by atoms with E-state index in [9.17, 15) is 4.79 Å². The summed E-state index contributed by atoms with van der Waals surface area (Å²) in [6, 6.07) is 0. The third-order valence-corrected chi connectivity index (χ3v) is 4.82. The van der Waals surface area contributed by atoms with Crippen LogP contribution in [0.3, 0.4) is 0 Å². The van der Waals surface area contributed by atoms with E-state index in [1.165, 1.54) is 0 Å². The van der Waals surface area contributed by atoms with Crippen LogP contribution in [0.25, 0.3) is 0 Å². The van der Waals surface area contributed by atoms with Gasteiger partial charge in [-0.3, -0.25) is 4.79 Å². The van der Waals surface area contributed by atoms with Gasteiger partial charge >= 0.3 is 0 Å². The summed E-state index contributed by atoms with van der Waals surface area (Å²) in [5.74, 6) is 0.958. The van der Waals surface area contributed by atoms with Crippen LogP contribution in [0.4, 0.5) is 0 Å². The zero-order valence-corrected chi connectivity index (χ0v) is 14.1. The second-order valence-electron chi connectivity index (χ2n) is 6.28. The first kappa shape index (κ1) is 18.7. The fourth-order valence-electron chi connectivity index (χ4n) is 3.62. The second kappa shape index (κ2) is 9.65. The summed E-state index contributed by atoms with van der Waals surface area (Å²) >= 11 is 0. The van der Waals surface area contributed by atoms with E-state index < -0.39 is 0 Å². The zero-order valence-electron chi connectivity index (χ0n) is 13.3. The van der Waals surface area contributed by atoms with Gasteiger partial charge in [-0.05, 0) is 51.0 Å². The molecule has 0 aromatic heterocycles. The molecule has 1 aliphatic carbocycles. The van der Waals surface area contributed by atoms with Crippen molar-refractivity contribution in [1.82, 2.24) is 4.90 Å². The van der Waals surface area contributed by atoms with Crippen molar-refractivity contribution < 1.29 is 9.53 Å². The number of ether oxygens (including phenoxy) is 1. The zero-order chi connectivity index (χ0) is 14.4. The molecule has 2 aliphatic rings. The largest absolute Gasteiger partial charge is 0.378 e. The SMILES string of the molecule is CCCOC1CCCN(C(=O)[C@@H]2CCC[C@@H]2CN)CC1.Cl. The number of nitrogens with zero attached hydrogens (tertiary/aromatic N) is 1. The molecule has 0 aromatic carbocycles. The quantitative estimate of drug-likeness (QED) is 0.847. The van der Waals surface area contributed by atoms with E-state index in [1.54, 1.807) is 0 Å². The van der Waals surface area contributed by atoms with Crippen LogP contribution in [0.15, 0.2) is 0 Å². The van der Waals surface area contributed by atoms with Gasteiger partial charge < -0.3 is 15.4 Å². The summed E-state index contributed by atoms with van der Waals surface area (Å²) in [6.07, 6.45) is 7.89. The maximum absolute atomic E-state index is 12.7. The number of carbonyl (C=O) groups is 1. The Balaban J connectivity index is 0.00000220. The molecule has 4 nitrogen and oxygen atoms in total. The lowest BCUT2D eigenvalue weighted by Crippen LogP contribution is -2.39. The third-order valence-electron chi connectivity index (χ3n) is 4.82. The molecule has 0 bridgehead atoms. The van der Waals surface area contributed by atoms with Crippen LogP contribution in [0.2, 0.25) is 0 Å². The number of carbonyl (C=O) groups excluding carboxylic acids is 1. The normalized spacial score (nSPS) is 29.8. The minimum absolute atomic E-state index is 0. The van der Waals surface area contributed by atoms with Gasteiger partial charge in [-0.1, -0.05) is 13.3 Å². The third kappa shape index (κ3) is 5.11. The summed E-state index contributed by atoms with van der Waals surface area (Å²) in [5.41, 5.74) is 5.81. The van der Waals surface area contributed by atoms with Crippen molar-refractivity contribution in [3.05, 3.63) is 0 Å². The number of hydrogen-bond donors (Lipinski definition) is 1. The molecule has 1 heterocycles. The van der Waals surface area contributed by atoms with E-state index in [0.717, 1.165) is 64.6 Å². The van der Waals surface area contributed by atoms with E-state index in [4.69, 9.17) is 10.5 Å². The van der Waals surface area contributed by atoms with Gasteiger partial charge in [0, 0.05) is 25.6 Å². The molecule has 21 heavy (non-hydrogen) atoms. The summed E-state index contributed by atoms with van der Waals surface area (Å²) in [6.45, 7) is 5.40. The Bertz CT molecular complexity index is 315. The van der Waals surface area contributed by atoms with E-state index in [0.29, 0.717) is 24.5 Å². The van der Waals surface area contributed by atoms with Gasteiger partial charge in [0.2, 0.25) is 5.91 Å². The lowest BCUT2D eigenvalue weighted by Gasteiger charge is -2.27. The molecule has 1 saturated carbocycles. The highest BCUT2D eigenvalue weighted by atomic mass is 35.5. The highest BCUT2D eigenvalue weighted by molar-refractivity contribution is 5.85. The lowest BCUT2D eigenvalue weighted by molar-refractivity contribution is -0.136. The van der Waals surface area contributed by atoms with Crippen LogP contribution >= 0.6 is 12.4 Å². The number of nitrogens with two attached hydrogens (primary N) is 1. The summed E-state index contributed by atoms with van der Waals surface area (Å²) < 4.78 is 5.85. The molecule has 124 valence electrons. The van der Waals surface area contributed by atoms with Crippen molar-refractivity contribution in [2.24, 2.45) is 17.6 Å². The average molecular weight is 319 g/mol. The van der Waals surface area contributed by atoms with E-state index in [-0.39, 0.29) is 18.3 Å². The Morgan fingerprint density at radius 3 is 2.71 bits per heavy atom. The van der Waals surface area contributed by atoms with Gasteiger partial charge in [0.05, 0.1) is 6.10 Å². The van der Waals surface area contributed by atoms with Crippen LogP contribution in [0.1, 0.15) is 51.9 Å². The Morgan fingerprint density at radius 2 is 2.00 bits per heavy atom. The Morgan fingerprint density at radius 1 is 1.19 bits per heavy atom. The maximum Gasteiger partial charge on any atom is 0.226 e. The average Bonchev–Trinajstić information content (AvgIpc) is 2.82. The molecule has 0 spiro atoms. The molecule has 2 N–H and O–H groups in total. The fourth-order valence-corrected chi connectivity index (χ4v) is 3.62. The van der Waals surface area contributed by atoms with E-state index >= 15 is 0 Å². The first-order valence-corrected chi connectivity index (χ1v) is 8.36. The Labute approximate surface area is 135 Å². The maximum atomic E-state index is 12.7. The molecule has 0 radical (unpaired) electrons. The summed E-state index contributed by atoms with van der Waals surface area (Å²) in [7, 11) is 0. The van der Waals surface area contributed by atoms with E-state index in [1.807, 2.05) is 0 Å². The number of amides is 1. The molecule has 2 fully saturated rings. The minimum atomic E-state index is 0. The molecule has 1 saturated heterocycles. The molecule has 2 rings (SSSR count).